The largest absolute Gasteiger partial charge is 0.492 e. The Morgan fingerprint density at radius 3 is 2.61 bits per heavy atom. The first-order valence-electron chi connectivity index (χ1n) is 7.91. The van der Waals surface area contributed by atoms with Gasteiger partial charge in [-0.2, -0.15) is 0 Å². The smallest absolute Gasteiger partial charge is 0.142 e. The van der Waals surface area contributed by atoms with Gasteiger partial charge in [0.25, 0.3) is 0 Å². The number of hydrogen-bond acceptors (Lipinski definition) is 3. The van der Waals surface area contributed by atoms with E-state index in [0.717, 1.165) is 27.8 Å². The van der Waals surface area contributed by atoms with Crippen LogP contribution in [0, 0.1) is 12.8 Å². The summed E-state index contributed by atoms with van der Waals surface area (Å²) in [7, 11) is 0. The fourth-order valence-corrected chi connectivity index (χ4v) is 2.17. The molecule has 23 heavy (non-hydrogen) atoms. The van der Waals surface area contributed by atoms with Crippen LogP contribution in [0.15, 0.2) is 42.5 Å². The summed E-state index contributed by atoms with van der Waals surface area (Å²) in [6, 6.07) is 13.7. The normalized spacial score (nSPS) is 10.7. The van der Waals surface area contributed by atoms with Crippen molar-refractivity contribution >= 4 is 17.3 Å². The van der Waals surface area contributed by atoms with E-state index in [2.05, 4.69) is 19.2 Å². The molecule has 0 unspecified atom stereocenters. The minimum Gasteiger partial charge on any atom is -0.492 e. The first-order chi connectivity index (χ1) is 11.1. The van der Waals surface area contributed by atoms with Crippen LogP contribution in [0.2, 0.25) is 5.02 Å². The Morgan fingerprint density at radius 2 is 1.87 bits per heavy atom. The van der Waals surface area contributed by atoms with E-state index in [-0.39, 0.29) is 0 Å². The van der Waals surface area contributed by atoms with E-state index < -0.39 is 0 Å². The minimum absolute atomic E-state index is 0.500. The highest BCUT2D eigenvalue weighted by Gasteiger charge is 2.04. The predicted molar refractivity (Wildman–Crippen MR) is 96.9 cm³/mol. The van der Waals surface area contributed by atoms with Crippen LogP contribution in [-0.4, -0.2) is 19.8 Å². The summed E-state index contributed by atoms with van der Waals surface area (Å²) >= 11 is 6.01. The number of ether oxygens (including phenoxy) is 2. The molecule has 0 saturated heterocycles. The molecule has 0 aliphatic rings. The van der Waals surface area contributed by atoms with Crippen LogP contribution < -0.4 is 14.8 Å². The Kier molecular flexibility index (Phi) is 6.60. The zero-order valence-electron chi connectivity index (χ0n) is 13.9. The summed E-state index contributed by atoms with van der Waals surface area (Å²) < 4.78 is 11.6. The fraction of sp³-hybridized carbons (Fsp3) is 0.368. The van der Waals surface area contributed by atoms with Crippen LogP contribution >= 0.6 is 11.6 Å². The Morgan fingerprint density at radius 1 is 1.09 bits per heavy atom. The molecule has 1 N–H and O–H groups in total. The molecule has 0 amide bonds. The van der Waals surface area contributed by atoms with Gasteiger partial charge in [0, 0.05) is 11.6 Å². The molecule has 2 aromatic carbocycles. The summed E-state index contributed by atoms with van der Waals surface area (Å²) in [5.74, 6) is 2.21. The van der Waals surface area contributed by atoms with Crippen LogP contribution in [0.5, 0.6) is 11.5 Å². The molecule has 0 atom stereocenters. The van der Waals surface area contributed by atoms with Crippen molar-refractivity contribution in [2.75, 3.05) is 25.1 Å². The molecule has 2 aromatic rings. The van der Waals surface area contributed by atoms with E-state index >= 15 is 0 Å². The lowest BCUT2D eigenvalue weighted by Gasteiger charge is -2.15. The monoisotopic (exact) mass is 333 g/mol. The molecular formula is C19H24ClNO2. The Hall–Kier alpha value is -1.87. The van der Waals surface area contributed by atoms with Crippen molar-refractivity contribution in [2.45, 2.75) is 20.8 Å². The minimum atomic E-state index is 0.500. The number of para-hydroxylation sites is 2. The molecule has 124 valence electrons. The summed E-state index contributed by atoms with van der Waals surface area (Å²) in [5.41, 5.74) is 2.01. The second-order valence-electron chi connectivity index (χ2n) is 5.89. The van der Waals surface area contributed by atoms with Gasteiger partial charge in [-0.15, -0.1) is 0 Å². The average molecular weight is 334 g/mol. The summed E-state index contributed by atoms with van der Waals surface area (Å²) in [4.78, 5) is 0. The second-order valence-corrected chi connectivity index (χ2v) is 6.29. The van der Waals surface area contributed by atoms with Gasteiger partial charge in [-0.25, -0.2) is 0 Å². The van der Waals surface area contributed by atoms with Crippen molar-refractivity contribution in [1.82, 2.24) is 0 Å². The Balaban J connectivity index is 1.83. The number of hydrogen-bond donors (Lipinski definition) is 1. The lowest BCUT2D eigenvalue weighted by Crippen LogP contribution is -2.13. The van der Waals surface area contributed by atoms with Crippen LogP contribution in [0.4, 0.5) is 5.69 Å². The molecule has 0 bridgehead atoms. The number of nitrogens with one attached hydrogen (secondary N) is 1. The highest BCUT2D eigenvalue weighted by atomic mass is 35.5. The lowest BCUT2D eigenvalue weighted by molar-refractivity contribution is 0.272. The van der Waals surface area contributed by atoms with Crippen molar-refractivity contribution in [1.29, 1.82) is 0 Å². The third kappa shape index (κ3) is 5.68. The average Bonchev–Trinajstić information content (AvgIpc) is 2.53. The van der Waals surface area contributed by atoms with E-state index in [4.69, 9.17) is 21.1 Å². The third-order valence-electron chi connectivity index (χ3n) is 3.27. The summed E-state index contributed by atoms with van der Waals surface area (Å²) in [6.07, 6.45) is 0. The molecular weight excluding hydrogens is 310 g/mol. The zero-order valence-corrected chi connectivity index (χ0v) is 14.7. The molecule has 0 aromatic heterocycles. The molecule has 0 heterocycles. The maximum atomic E-state index is 6.01. The van der Waals surface area contributed by atoms with Gasteiger partial charge in [-0.05, 0) is 48.7 Å². The van der Waals surface area contributed by atoms with Crippen LogP contribution in [0.3, 0.4) is 0 Å². The predicted octanol–water partition coefficient (Wildman–Crippen LogP) is 5.17. The first-order valence-corrected chi connectivity index (χ1v) is 8.28. The molecule has 0 radical (unpaired) electrons. The van der Waals surface area contributed by atoms with Crippen molar-refractivity contribution < 1.29 is 9.47 Å². The van der Waals surface area contributed by atoms with E-state index in [9.17, 15) is 0 Å². The van der Waals surface area contributed by atoms with Crippen molar-refractivity contribution in [3.63, 3.8) is 0 Å². The number of benzene rings is 2. The summed E-state index contributed by atoms with van der Waals surface area (Å²) in [5, 5.41) is 4.11. The van der Waals surface area contributed by atoms with E-state index in [1.165, 1.54) is 0 Å². The van der Waals surface area contributed by atoms with Crippen molar-refractivity contribution in [3.8, 4) is 11.5 Å². The van der Waals surface area contributed by atoms with E-state index in [0.29, 0.717) is 25.7 Å². The van der Waals surface area contributed by atoms with Crippen molar-refractivity contribution in [3.05, 3.63) is 53.1 Å². The van der Waals surface area contributed by atoms with Gasteiger partial charge in [0.05, 0.1) is 12.3 Å². The molecule has 0 spiro atoms. The second kappa shape index (κ2) is 8.68. The van der Waals surface area contributed by atoms with Gasteiger partial charge in [0.1, 0.15) is 18.1 Å². The van der Waals surface area contributed by atoms with Crippen LogP contribution in [0.1, 0.15) is 19.4 Å². The zero-order chi connectivity index (χ0) is 16.7. The highest BCUT2D eigenvalue weighted by molar-refractivity contribution is 6.31. The van der Waals surface area contributed by atoms with Gasteiger partial charge in [0.15, 0.2) is 0 Å². The van der Waals surface area contributed by atoms with E-state index in [1.807, 2.05) is 49.4 Å². The van der Waals surface area contributed by atoms with Crippen LogP contribution in [0.25, 0.3) is 0 Å². The van der Waals surface area contributed by atoms with Crippen LogP contribution in [-0.2, 0) is 0 Å². The van der Waals surface area contributed by atoms with Gasteiger partial charge < -0.3 is 14.8 Å². The standard InChI is InChI=1S/C19H24ClNO2/c1-14(2)13-23-19-7-5-4-6-18(19)21-10-11-22-16-8-9-17(20)15(3)12-16/h4-9,12,14,21H,10-11,13H2,1-3H3. The SMILES string of the molecule is Cc1cc(OCCNc2ccccc2OCC(C)C)ccc1Cl. The molecule has 0 fully saturated rings. The molecule has 2 rings (SSSR count). The molecule has 0 aliphatic carbocycles. The van der Waals surface area contributed by atoms with E-state index in [1.54, 1.807) is 0 Å². The molecule has 0 saturated carbocycles. The van der Waals surface area contributed by atoms with Gasteiger partial charge in [0.2, 0.25) is 0 Å². The number of rotatable bonds is 8. The maximum absolute atomic E-state index is 6.01. The summed E-state index contributed by atoms with van der Waals surface area (Å²) in [6.45, 7) is 8.22. The Labute approximate surface area is 143 Å². The van der Waals surface area contributed by atoms with Gasteiger partial charge >= 0.3 is 0 Å². The molecule has 0 aliphatic heterocycles. The third-order valence-corrected chi connectivity index (χ3v) is 3.70. The first kappa shape index (κ1) is 17.5. The highest BCUT2D eigenvalue weighted by Crippen LogP contribution is 2.24. The fourth-order valence-electron chi connectivity index (χ4n) is 2.06. The molecule has 4 heteroatoms. The quantitative estimate of drug-likeness (QED) is 0.676. The van der Waals surface area contributed by atoms with Gasteiger partial charge in [-0.3, -0.25) is 0 Å². The molecule has 3 nitrogen and oxygen atoms in total. The number of anilines is 1. The topological polar surface area (TPSA) is 30.5 Å². The lowest BCUT2D eigenvalue weighted by atomic mass is 10.2. The Bertz CT molecular complexity index is 629. The number of halogens is 1. The number of aryl methyl sites for hydroxylation is 1. The van der Waals surface area contributed by atoms with Gasteiger partial charge in [-0.1, -0.05) is 37.6 Å². The van der Waals surface area contributed by atoms with Crippen molar-refractivity contribution in [2.24, 2.45) is 5.92 Å². The maximum Gasteiger partial charge on any atom is 0.142 e.